The topological polar surface area (TPSA) is 110 Å². The van der Waals surface area contributed by atoms with Crippen LogP contribution in [0.2, 0.25) is 0 Å². The Bertz CT molecular complexity index is 522. The minimum absolute atomic E-state index is 0.0305. The summed E-state index contributed by atoms with van der Waals surface area (Å²) in [5, 5.41) is 13.8. The first-order valence-electron chi connectivity index (χ1n) is 6.27. The van der Waals surface area contributed by atoms with Crippen LogP contribution in [0.4, 0.5) is 5.82 Å². The van der Waals surface area contributed by atoms with Crippen LogP contribution in [0, 0.1) is 0 Å². The molecule has 0 aromatic carbocycles. The molecule has 8 heteroatoms. The molecule has 4 N–H and O–H groups in total. The molecule has 0 saturated carbocycles. The Balaban J connectivity index is 2.88. The number of nitrogens with one attached hydrogen (secondary N) is 1. The van der Waals surface area contributed by atoms with Crippen LogP contribution in [0.5, 0.6) is 0 Å². The molecule has 7 nitrogen and oxygen atoms in total. The van der Waals surface area contributed by atoms with E-state index in [1.165, 1.54) is 10.9 Å². The summed E-state index contributed by atoms with van der Waals surface area (Å²) in [6.07, 6.45) is 2.68. The predicted molar refractivity (Wildman–Crippen MR) is 73.0 cm³/mol. The molecule has 0 amide bonds. The Hall–Kier alpha value is -1.12. The number of nitrogen functional groups attached to an aromatic ring is 1. The van der Waals surface area contributed by atoms with Gasteiger partial charge in [0.15, 0.2) is 5.82 Å². The number of nitrogens with two attached hydrogens (primary N) is 1. The molecule has 110 valence electrons. The van der Waals surface area contributed by atoms with Gasteiger partial charge in [0.25, 0.3) is 0 Å². The molecule has 1 atom stereocenters. The van der Waals surface area contributed by atoms with Crippen LogP contribution in [0.1, 0.15) is 33.6 Å². The van der Waals surface area contributed by atoms with Gasteiger partial charge in [-0.3, -0.25) is 4.68 Å². The quantitative estimate of drug-likeness (QED) is 0.669. The van der Waals surface area contributed by atoms with Crippen LogP contribution in [-0.4, -0.2) is 35.5 Å². The van der Waals surface area contributed by atoms with Crippen molar-refractivity contribution in [1.82, 2.24) is 14.5 Å². The summed E-state index contributed by atoms with van der Waals surface area (Å²) >= 11 is 0. The van der Waals surface area contributed by atoms with E-state index in [2.05, 4.69) is 9.82 Å². The van der Waals surface area contributed by atoms with E-state index < -0.39 is 15.6 Å². The van der Waals surface area contributed by atoms with Gasteiger partial charge in [0.1, 0.15) is 4.90 Å². The fraction of sp³-hybridized carbons (Fsp3) is 0.727. The molecule has 0 radical (unpaired) electrons. The number of hydrogen-bond donors (Lipinski definition) is 3. The molecule has 1 rings (SSSR count). The smallest absolute Gasteiger partial charge is 0.245 e. The molecule has 0 aliphatic rings. The van der Waals surface area contributed by atoms with Crippen molar-refractivity contribution >= 4 is 15.8 Å². The second-order valence-electron chi connectivity index (χ2n) is 4.82. The third-order valence-electron chi connectivity index (χ3n) is 2.90. The highest BCUT2D eigenvalue weighted by atomic mass is 32.2. The summed E-state index contributed by atoms with van der Waals surface area (Å²) in [7, 11) is -3.75. The Morgan fingerprint density at radius 3 is 2.68 bits per heavy atom. The molecule has 19 heavy (non-hydrogen) atoms. The van der Waals surface area contributed by atoms with E-state index in [4.69, 9.17) is 5.73 Å². The van der Waals surface area contributed by atoms with Crippen LogP contribution < -0.4 is 10.5 Å². The second kappa shape index (κ2) is 5.89. The molecule has 1 aromatic heterocycles. The Morgan fingerprint density at radius 1 is 1.53 bits per heavy atom. The number of anilines is 1. The first-order chi connectivity index (χ1) is 8.72. The largest absolute Gasteiger partial charge is 0.389 e. The molecule has 1 aromatic rings. The minimum Gasteiger partial charge on any atom is -0.389 e. The van der Waals surface area contributed by atoms with Crippen molar-refractivity contribution in [2.45, 2.75) is 50.7 Å². The monoisotopic (exact) mass is 290 g/mol. The lowest BCUT2D eigenvalue weighted by atomic mass is 10.1. The maximum atomic E-state index is 12.1. The zero-order chi connectivity index (χ0) is 14.7. The number of sulfonamides is 1. The minimum atomic E-state index is -3.75. The van der Waals surface area contributed by atoms with Gasteiger partial charge in [0, 0.05) is 19.3 Å². The highest BCUT2D eigenvalue weighted by Crippen LogP contribution is 2.17. The van der Waals surface area contributed by atoms with E-state index in [0.717, 1.165) is 6.42 Å². The van der Waals surface area contributed by atoms with Gasteiger partial charge in [0.05, 0.1) is 5.60 Å². The number of aryl methyl sites for hydroxylation is 1. The zero-order valence-corrected chi connectivity index (χ0v) is 12.4. The molecular weight excluding hydrogens is 268 g/mol. The maximum absolute atomic E-state index is 12.1. The molecule has 0 saturated heterocycles. The Kier molecular flexibility index (Phi) is 4.94. The fourth-order valence-corrected chi connectivity index (χ4v) is 2.66. The van der Waals surface area contributed by atoms with Crippen molar-refractivity contribution < 1.29 is 13.5 Å². The van der Waals surface area contributed by atoms with Crippen molar-refractivity contribution in [3.05, 3.63) is 6.20 Å². The fourth-order valence-electron chi connectivity index (χ4n) is 1.42. The molecule has 1 unspecified atom stereocenters. The van der Waals surface area contributed by atoms with Crippen molar-refractivity contribution in [3.63, 3.8) is 0 Å². The molecule has 1 heterocycles. The van der Waals surface area contributed by atoms with E-state index in [1.807, 2.05) is 6.92 Å². The number of aromatic nitrogens is 2. The highest BCUT2D eigenvalue weighted by molar-refractivity contribution is 7.89. The maximum Gasteiger partial charge on any atom is 0.245 e. The van der Waals surface area contributed by atoms with Gasteiger partial charge in [-0.2, -0.15) is 5.10 Å². The Morgan fingerprint density at radius 2 is 2.16 bits per heavy atom. The number of rotatable bonds is 7. The van der Waals surface area contributed by atoms with E-state index in [-0.39, 0.29) is 17.3 Å². The molecule has 0 aliphatic heterocycles. The Labute approximate surface area is 113 Å². The van der Waals surface area contributed by atoms with Crippen molar-refractivity contribution in [1.29, 1.82) is 0 Å². The van der Waals surface area contributed by atoms with E-state index in [0.29, 0.717) is 13.0 Å². The van der Waals surface area contributed by atoms with Gasteiger partial charge in [-0.15, -0.1) is 0 Å². The van der Waals surface area contributed by atoms with Gasteiger partial charge in [-0.05, 0) is 19.8 Å². The lowest BCUT2D eigenvalue weighted by molar-refractivity contribution is 0.0613. The number of aliphatic hydroxyl groups is 1. The SMILES string of the molecule is CCCn1cc(S(=O)(=O)NCC(C)(O)CC)c(N)n1. The molecule has 0 fully saturated rings. The number of nitrogens with zero attached hydrogens (tertiary/aromatic N) is 2. The predicted octanol–water partition coefficient (Wildman–Crippen LogP) is 0.315. The molecule has 0 spiro atoms. The summed E-state index contributed by atoms with van der Waals surface area (Å²) in [6, 6.07) is 0. The van der Waals surface area contributed by atoms with Gasteiger partial charge >= 0.3 is 0 Å². The van der Waals surface area contributed by atoms with Crippen LogP contribution >= 0.6 is 0 Å². The number of hydrogen-bond acceptors (Lipinski definition) is 5. The van der Waals surface area contributed by atoms with Gasteiger partial charge in [-0.1, -0.05) is 13.8 Å². The lowest BCUT2D eigenvalue weighted by Gasteiger charge is -2.21. The summed E-state index contributed by atoms with van der Waals surface area (Å²) in [5.41, 5.74) is 4.53. The molecule has 0 aliphatic carbocycles. The van der Waals surface area contributed by atoms with Crippen LogP contribution in [-0.2, 0) is 16.6 Å². The highest BCUT2D eigenvalue weighted by Gasteiger charge is 2.25. The summed E-state index contributed by atoms with van der Waals surface area (Å²) < 4.78 is 28.0. The standard InChI is InChI=1S/C11H22N4O3S/c1-4-6-15-7-9(10(12)14-15)19(17,18)13-8-11(3,16)5-2/h7,13,16H,4-6,8H2,1-3H3,(H2,12,14). The molecule has 0 bridgehead atoms. The molecular formula is C11H22N4O3S. The van der Waals surface area contributed by atoms with Gasteiger partial charge in [-0.25, -0.2) is 13.1 Å². The van der Waals surface area contributed by atoms with Gasteiger partial charge < -0.3 is 10.8 Å². The summed E-state index contributed by atoms with van der Waals surface area (Å²) in [6.45, 7) is 5.85. The average Bonchev–Trinajstić information content (AvgIpc) is 2.70. The van der Waals surface area contributed by atoms with Crippen LogP contribution in [0.15, 0.2) is 11.1 Å². The average molecular weight is 290 g/mol. The van der Waals surface area contributed by atoms with Crippen LogP contribution in [0.3, 0.4) is 0 Å². The van der Waals surface area contributed by atoms with Crippen molar-refractivity contribution in [3.8, 4) is 0 Å². The zero-order valence-electron chi connectivity index (χ0n) is 11.5. The first kappa shape index (κ1) is 15.9. The third kappa shape index (κ3) is 4.19. The van der Waals surface area contributed by atoms with Crippen molar-refractivity contribution in [2.75, 3.05) is 12.3 Å². The van der Waals surface area contributed by atoms with Crippen LogP contribution in [0.25, 0.3) is 0 Å². The summed E-state index contributed by atoms with van der Waals surface area (Å²) in [5.74, 6) is -0.0305. The first-order valence-corrected chi connectivity index (χ1v) is 7.75. The normalized spacial score (nSPS) is 15.4. The lowest BCUT2D eigenvalue weighted by Crippen LogP contribution is -2.40. The summed E-state index contributed by atoms with van der Waals surface area (Å²) in [4.78, 5) is -0.0483. The van der Waals surface area contributed by atoms with E-state index in [9.17, 15) is 13.5 Å². The van der Waals surface area contributed by atoms with Gasteiger partial charge in [0.2, 0.25) is 10.0 Å². The van der Waals surface area contributed by atoms with E-state index in [1.54, 1.807) is 13.8 Å². The van der Waals surface area contributed by atoms with Crippen molar-refractivity contribution in [2.24, 2.45) is 0 Å². The third-order valence-corrected chi connectivity index (χ3v) is 4.32. The second-order valence-corrected chi connectivity index (χ2v) is 6.55. The van der Waals surface area contributed by atoms with E-state index >= 15 is 0 Å².